The van der Waals surface area contributed by atoms with Gasteiger partial charge in [0.2, 0.25) is 15.6 Å². The van der Waals surface area contributed by atoms with Crippen LogP contribution < -0.4 is 20.5 Å². The molecule has 0 amide bonds. The van der Waals surface area contributed by atoms with Crippen molar-refractivity contribution in [3.63, 3.8) is 0 Å². The third kappa shape index (κ3) is 4.48. The van der Waals surface area contributed by atoms with Crippen molar-refractivity contribution >= 4 is 43.3 Å². The lowest BCUT2D eigenvalue weighted by atomic mass is 10.1. The summed E-state index contributed by atoms with van der Waals surface area (Å²) in [6.07, 6.45) is 0. The fraction of sp³-hybridized carbons (Fsp3) is 0.0800. The normalized spacial score (nSPS) is 11.1. The van der Waals surface area contributed by atoms with Crippen molar-refractivity contribution in [1.29, 1.82) is 0 Å². The molecule has 3 aromatic carbocycles. The largest absolute Gasteiger partial charge is 0.497 e. The number of hydrogen-bond donors (Lipinski definition) is 2. The molecule has 3 N–H and O–H groups in total. The van der Waals surface area contributed by atoms with Gasteiger partial charge in [0.25, 0.3) is 0 Å². The number of carbonyl (C=O) groups is 1. The highest BCUT2D eigenvalue weighted by Crippen LogP contribution is 2.44. The Morgan fingerprint density at radius 1 is 0.853 bits per heavy atom. The van der Waals surface area contributed by atoms with Crippen LogP contribution >= 0.6 is 11.3 Å². The molecule has 0 saturated carbocycles. The van der Waals surface area contributed by atoms with Gasteiger partial charge in [0.15, 0.2) is 0 Å². The molecule has 7 nitrogen and oxygen atoms in total. The minimum absolute atomic E-state index is 0.0840. The number of nitrogens with two attached hydrogens (primary N) is 1. The molecule has 0 radical (unpaired) electrons. The second kappa shape index (κ2) is 9.58. The summed E-state index contributed by atoms with van der Waals surface area (Å²) in [6, 6.07) is 21.5. The van der Waals surface area contributed by atoms with Crippen LogP contribution in [0.3, 0.4) is 0 Å². The van der Waals surface area contributed by atoms with E-state index in [1.54, 1.807) is 73.8 Å². The molecule has 34 heavy (non-hydrogen) atoms. The second-order valence-electron chi connectivity index (χ2n) is 7.23. The standard InChI is InChI=1S/C25H22N2O5S2/c1-31-18-12-8-16(9-13-18)22(28)23-21(26)24(34(29,30)20-6-4-3-5-7-20)25(33-23)27-17-10-14-19(32-2)15-11-17/h3-15,27H,26H2,1-2H3. The van der Waals surface area contributed by atoms with E-state index in [2.05, 4.69) is 5.32 Å². The van der Waals surface area contributed by atoms with Gasteiger partial charge in [0.1, 0.15) is 26.3 Å². The van der Waals surface area contributed by atoms with Gasteiger partial charge in [-0.15, -0.1) is 11.3 Å². The van der Waals surface area contributed by atoms with E-state index in [1.807, 2.05) is 0 Å². The molecule has 174 valence electrons. The van der Waals surface area contributed by atoms with Crippen LogP contribution in [0.5, 0.6) is 11.5 Å². The molecule has 0 unspecified atom stereocenters. The monoisotopic (exact) mass is 494 g/mol. The van der Waals surface area contributed by atoms with Gasteiger partial charge in [-0.05, 0) is 60.7 Å². The van der Waals surface area contributed by atoms with Crippen LogP contribution in [0.2, 0.25) is 0 Å². The molecule has 0 atom stereocenters. The maximum atomic E-state index is 13.6. The summed E-state index contributed by atoms with van der Waals surface area (Å²) in [4.78, 5) is 13.4. The van der Waals surface area contributed by atoms with Gasteiger partial charge >= 0.3 is 0 Å². The Kier molecular flexibility index (Phi) is 6.58. The van der Waals surface area contributed by atoms with Gasteiger partial charge < -0.3 is 20.5 Å². The smallest absolute Gasteiger partial charge is 0.211 e. The number of sulfone groups is 1. The van der Waals surface area contributed by atoms with Crippen molar-refractivity contribution in [3.05, 3.63) is 89.3 Å². The third-order valence-corrected chi connectivity index (χ3v) is 8.23. The molecule has 1 heterocycles. The van der Waals surface area contributed by atoms with Crippen molar-refractivity contribution in [1.82, 2.24) is 0 Å². The zero-order valence-electron chi connectivity index (χ0n) is 18.4. The van der Waals surface area contributed by atoms with Crippen LogP contribution in [0.15, 0.2) is 88.7 Å². The Bertz CT molecular complexity index is 1410. The number of nitrogen functional groups attached to an aromatic ring is 1. The highest BCUT2D eigenvalue weighted by atomic mass is 32.2. The Hall–Kier alpha value is -3.82. The zero-order valence-corrected chi connectivity index (χ0v) is 20.1. The first-order chi connectivity index (χ1) is 16.3. The predicted molar refractivity (Wildman–Crippen MR) is 133 cm³/mol. The lowest BCUT2D eigenvalue weighted by Crippen LogP contribution is -2.08. The third-order valence-electron chi connectivity index (χ3n) is 5.13. The summed E-state index contributed by atoms with van der Waals surface area (Å²) >= 11 is 0.998. The first-order valence-electron chi connectivity index (χ1n) is 10.2. The average molecular weight is 495 g/mol. The van der Waals surface area contributed by atoms with Crippen molar-refractivity contribution in [2.45, 2.75) is 9.79 Å². The van der Waals surface area contributed by atoms with Gasteiger partial charge in [0.05, 0.1) is 24.8 Å². The Labute approximate surface area is 201 Å². The lowest BCUT2D eigenvalue weighted by molar-refractivity contribution is 0.104. The molecule has 4 aromatic rings. The average Bonchev–Trinajstić information content (AvgIpc) is 3.20. The quantitative estimate of drug-likeness (QED) is 0.326. The minimum Gasteiger partial charge on any atom is -0.497 e. The van der Waals surface area contributed by atoms with Crippen LogP contribution in [0.4, 0.5) is 16.4 Å². The number of ketones is 1. The molecular formula is C25H22N2O5S2. The van der Waals surface area contributed by atoms with Crippen LogP contribution in [-0.4, -0.2) is 28.4 Å². The molecule has 0 aliphatic rings. The molecule has 0 spiro atoms. The number of ether oxygens (including phenoxy) is 2. The lowest BCUT2D eigenvalue weighted by Gasteiger charge is -2.10. The van der Waals surface area contributed by atoms with Gasteiger partial charge in [-0.1, -0.05) is 18.2 Å². The summed E-state index contributed by atoms with van der Waals surface area (Å²) in [6.45, 7) is 0. The summed E-state index contributed by atoms with van der Waals surface area (Å²) in [5.74, 6) is 0.881. The fourth-order valence-electron chi connectivity index (χ4n) is 3.34. The van der Waals surface area contributed by atoms with E-state index in [1.165, 1.54) is 19.2 Å². The number of thiophene rings is 1. The number of hydrogen-bond acceptors (Lipinski definition) is 8. The number of anilines is 3. The van der Waals surface area contributed by atoms with E-state index in [-0.39, 0.29) is 31.1 Å². The predicted octanol–water partition coefficient (Wildman–Crippen LogP) is 5.15. The molecule has 0 saturated heterocycles. The maximum absolute atomic E-state index is 13.6. The van der Waals surface area contributed by atoms with E-state index >= 15 is 0 Å². The minimum atomic E-state index is -4.01. The van der Waals surface area contributed by atoms with Crippen LogP contribution in [0.1, 0.15) is 15.2 Å². The number of nitrogens with one attached hydrogen (secondary N) is 1. The Morgan fingerprint density at radius 3 is 1.97 bits per heavy atom. The van der Waals surface area contributed by atoms with E-state index in [9.17, 15) is 13.2 Å². The van der Waals surface area contributed by atoms with E-state index in [4.69, 9.17) is 15.2 Å². The van der Waals surface area contributed by atoms with E-state index in [0.717, 1.165) is 11.3 Å². The zero-order chi connectivity index (χ0) is 24.3. The molecule has 0 fully saturated rings. The molecule has 0 aliphatic heterocycles. The van der Waals surface area contributed by atoms with Gasteiger partial charge in [-0.25, -0.2) is 8.42 Å². The second-order valence-corrected chi connectivity index (χ2v) is 10.1. The molecule has 4 rings (SSSR count). The van der Waals surface area contributed by atoms with Crippen LogP contribution in [0.25, 0.3) is 0 Å². The Morgan fingerprint density at radius 2 is 1.41 bits per heavy atom. The van der Waals surface area contributed by atoms with E-state index in [0.29, 0.717) is 22.7 Å². The summed E-state index contributed by atoms with van der Waals surface area (Å²) in [5, 5.41) is 3.37. The number of carbonyl (C=O) groups excluding carboxylic acids is 1. The number of methoxy groups -OCH3 is 2. The Balaban J connectivity index is 1.83. The molecular weight excluding hydrogens is 472 g/mol. The van der Waals surface area contributed by atoms with Crippen molar-refractivity contribution in [3.8, 4) is 11.5 Å². The number of benzene rings is 3. The summed E-state index contributed by atoms with van der Waals surface area (Å²) in [7, 11) is -0.920. The number of rotatable bonds is 8. The first kappa shape index (κ1) is 23.3. The summed E-state index contributed by atoms with van der Waals surface area (Å²) < 4.78 is 37.4. The summed E-state index contributed by atoms with van der Waals surface area (Å²) in [5.41, 5.74) is 7.24. The van der Waals surface area contributed by atoms with E-state index < -0.39 is 9.84 Å². The van der Waals surface area contributed by atoms with Crippen molar-refractivity contribution < 1.29 is 22.7 Å². The highest BCUT2D eigenvalue weighted by molar-refractivity contribution is 7.92. The van der Waals surface area contributed by atoms with Crippen molar-refractivity contribution in [2.24, 2.45) is 0 Å². The maximum Gasteiger partial charge on any atom is 0.211 e. The van der Waals surface area contributed by atoms with Crippen LogP contribution in [-0.2, 0) is 9.84 Å². The molecule has 0 bridgehead atoms. The topological polar surface area (TPSA) is 108 Å². The SMILES string of the molecule is COc1ccc(Nc2sc(C(=O)c3ccc(OC)cc3)c(N)c2S(=O)(=O)c2ccccc2)cc1. The van der Waals surface area contributed by atoms with Gasteiger partial charge in [-0.3, -0.25) is 4.79 Å². The highest BCUT2D eigenvalue weighted by Gasteiger charge is 2.31. The van der Waals surface area contributed by atoms with Crippen molar-refractivity contribution in [2.75, 3.05) is 25.3 Å². The fourth-order valence-corrected chi connectivity index (χ4v) is 6.30. The van der Waals surface area contributed by atoms with Crippen LogP contribution in [0, 0.1) is 0 Å². The molecule has 0 aliphatic carbocycles. The van der Waals surface area contributed by atoms with Gasteiger partial charge in [0, 0.05) is 11.3 Å². The first-order valence-corrected chi connectivity index (χ1v) is 12.5. The molecule has 9 heteroatoms. The van der Waals surface area contributed by atoms with Gasteiger partial charge in [-0.2, -0.15) is 0 Å². The molecule has 1 aromatic heterocycles.